The molecule has 3 aromatic carbocycles. The van der Waals surface area contributed by atoms with Crippen LogP contribution in [0.5, 0.6) is 5.88 Å². The van der Waals surface area contributed by atoms with E-state index >= 15 is 0 Å². The summed E-state index contributed by atoms with van der Waals surface area (Å²) >= 11 is 3.26. The van der Waals surface area contributed by atoms with Gasteiger partial charge in [0.1, 0.15) is 6.61 Å². The van der Waals surface area contributed by atoms with Gasteiger partial charge in [-0.1, -0.05) is 46.3 Å². The molecule has 0 fully saturated rings. The van der Waals surface area contributed by atoms with Crippen LogP contribution in [0.1, 0.15) is 49.1 Å². The van der Waals surface area contributed by atoms with Crippen LogP contribution in [0.4, 0.5) is 5.69 Å². The van der Waals surface area contributed by atoms with E-state index < -0.39 is 11.9 Å². The van der Waals surface area contributed by atoms with Crippen LogP contribution in [0.3, 0.4) is 0 Å². The Kier molecular flexibility index (Phi) is 8.73. The molecule has 0 aliphatic heterocycles. The number of Topliss-reactive ketones (excluding diaryl/α,β-unsaturated/α-hetero) is 1. The number of carbonyl (C=O) groups is 3. The number of benzene rings is 3. The molecule has 9 heteroatoms. The van der Waals surface area contributed by atoms with Gasteiger partial charge in [-0.15, -0.1) is 0 Å². The lowest BCUT2D eigenvalue weighted by molar-refractivity contribution is 0.0599. The Morgan fingerprint density at radius 3 is 2.31 bits per heavy atom. The molecule has 0 aliphatic carbocycles. The van der Waals surface area contributed by atoms with E-state index in [0.29, 0.717) is 56.5 Å². The van der Waals surface area contributed by atoms with Gasteiger partial charge in [-0.3, -0.25) is 14.2 Å². The molecule has 4 rings (SSSR count). The fourth-order valence-corrected chi connectivity index (χ4v) is 4.55. The minimum Gasteiger partial charge on any atom is -0.494 e. The van der Waals surface area contributed by atoms with Crippen LogP contribution >= 0.6 is 15.9 Å². The fraction of sp³-hybridized carbons (Fsp3) is 0.200. The molecule has 0 saturated carbocycles. The van der Waals surface area contributed by atoms with Crippen molar-refractivity contribution >= 4 is 55.9 Å². The number of alkyl halides is 1. The average molecular weight is 591 g/mol. The van der Waals surface area contributed by atoms with E-state index in [4.69, 9.17) is 14.5 Å². The SMILES string of the molecule is COC(=O)c1cc2c(cc1C)c(C(=Nc1ccc(C(=O)COCCBr)cc1)c1ccccc1)c(O)n2C(C)=O. The summed E-state index contributed by atoms with van der Waals surface area (Å²) in [5.41, 5.74) is 3.76. The van der Waals surface area contributed by atoms with Gasteiger partial charge in [-0.25, -0.2) is 9.79 Å². The number of aliphatic imine (C=N–C) groups is 1. The maximum Gasteiger partial charge on any atom is 0.338 e. The van der Waals surface area contributed by atoms with E-state index in [-0.39, 0.29) is 23.8 Å². The number of fused-ring (bicyclic) bond motifs is 1. The number of hydrogen-bond donors (Lipinski definition) is 1. The summed E-state index contributed by atoms with van der Waals surface area (Å²) in [5.74, 6) is -1.41. The van der Waals surface area contributed by atoms with E-state index in [0.717, 1.165) is 4.57 Å². The highest BCUT2D eigenvalue weighted by Gasteiger charge is 2.26. The molecular weight excluding hydrogens is 564 g/mol. The van der Waals surface area contributed by atoms with E-state index in [2.05, 4.69) is 15.9 Å². The third kappa shape index (κ3) is 5.84. The molecule has 4 aromatic rings. The number of rotatable bonds is 9. The molecular formula is C30H27BrN2O6. The van der Waals surface area contributed by atoms with Crippen LogP contribution in [-0.2, 0) is 9.47 Å². The fourth-order valence-electron chi connectivity index (χ4n) is 4.32. The summed E-state index contributed by atoms with van der Waals surface area (Å²) in [7, 11) is 1.29. The number of hydrogen-bond acceptors (Lipinski definition) is 7. The van der Waals surface area contributed by atoms with Gasteiger partial charge < -0.3 is 14.6 Å². The molecule has 0 radical (unpaired) electrons. The quantitative estimate of drug-likeness (QED) is 0.0859. The van der Waals surface area contributed by atoms with Crippen LogP contribution in [0, 0.1) is 6.92 Å². The minimum atomic E-state index is -0.545. The normalized spacial score (nSPS) is 11.5. The van der Waals surface area contributed by atoms with Crippen molar-refractivity contribution in [2.24, 2.45) is 4.99 Å². The van der Waals surface area contributed by atoms with Gasteiger partial charge in [0.15, 0.2) is 5.78 Å². The number of ketones is 1. The van der Waals surface area contributed by atoms with Crippen LogP contribution < -0.4 is 0 Å². The Balaban J connectivity index is 1.90. The molecule has 0 saturated heterocycles. The number of carbonyl (C=O) groups excluding carboxylic acids is 3. The van der Waals surface area contributed by atoms with E-state index in [9.17, 15) is 19.5 Å². The molecule has 200 valence electrons. The van der Waals surface area contributed by atoms with Gasteiger partial charge >= 0.3 is 5.97 Å². The number of halogens is 1. The minimum absolute atomic E-state index is 0.0190. The first-order chi connectivity index (χ1) is 18.8. The van der Waals surface area contributed by atoms with E-state index in [1.807, 2.05) is 30.3 Å². The summed E-state index contributed by atoms with van der Waals surface area (Å²) in [6.45, 7) is 3.51. The number of methoxy groups -OCH3 is 1. The lowest BCUT2D eigenvalue weighted by Crippen LogP contribution is -2.10. The smallest absolute Gasteiger partial charge is 0.338 e. The number of aromatic nitrogens is 1. The molecule has 1 heterocycles. The van der Waals surface area contributed by atoms with Crippen molar-refractivity contribution in [3.63, 3.8) is 0 Å². The number of aryl methyl sites for hydroxylation is 1. The Labute approximate surface area is 234 Å². The second-order valence-electron chi connectivity index (χ2n) is 8.77. The zero-order chi connectivity index (χ0) is 28.1. The molecule has 0 aliphatic rings. The lowest BCUT2D eigenvalue weighted by Gasteiger charge is -2.09. The highest BCUT2D eigenvalue weighted by Crippen LogP contribution is 2.36. The van der Waals surface area contributed by atoms with Gasteiger partial charge in [0.2, 0.25) is 11.8 Å². The Morgan fingerprint density at radius 2 is 1.69 bits per heavy atom. The molecule has 0 amide bonds. The van der Waals surface area contributed by atoms with E-state index in [1.54, 1.807) is 43.3 Å². The molecule has 39 heavy (non-hydrogen) atoms. The molecule has 0 bridgehead atoms. The highest BCUT2D eigenvalue weighted by atomic mass is 79.9. The van der Waals surface area contributed by atoms with Crippen LogP contribution in [0.2, 0.25) is 0 Å². The van der Waals surface area contributed by atoms with Crippen LogP contribution in [-0.4, -0.2) is 58.7 Å². The molecule has 8 nitrogen and oxygen atoms in total. The van der Waals surface area contributed by atoms with Crippen molar-refractivity contribution in [1.29, 1.82) is 0 Å². The molecule has 1 N–H and O–H groups in total. The zero-order valence-electron chi connectivity index (χ0n) is 21.7. The monoisotopic (exact) mass is 590 g/mol. The predicted octanol–water partition coefficient (Wildman–Crippen LogP) is 5.87. The maximum absolute atomic E-state index is 12.6. The summed E-state index contributed by atoms with van der Waals surface area (Å²) in [6.07, 6.45) is 0. The summed E-state index contributed by atoms with van der Waals surface area (Å²) in [4.78, 5) is 42.3. The van der Waals surface area contributed by atoms with Gasteiger partial charge in [0.25, 0.3) is 0 Å². The van der Waals surface area contributed by atoms with Gasteiger partial charge in [0, 0.05) is 28.8 Å². The van der Waals surface area contributed by atoms with Gasteiger partial charge in [-0.05, 0) is 48.9 Å². The average Bonchev–Trinajstić information content (AvgIpc) is 3.22. The van der Waals surface area contributed by atoms with Crippen LogP contribution in [0.15, 0.2) is 71.7 Å². The van der Waals surface area contributed by atoms with E-state index in [1.165, 1.54) is 14.0 Å². The Bertz CT molecular complexity index is 1570. The second kappa shape index (κ2) is 12.2. The maximum atomic E-state index is 12.6. The first kappa shape index (κ1) is 27.9. The third-order valence-electron chi connectivity index (χ3n) is 6.18. The van der Waals surface area contributed by atoms with Crippen molar-refractivity contribution in [2.45, 2.75) is 13.8 Å². The van der Waals surface area contributed by atoms with Gasteiger partial charge in [-0.2, -0.15) is 0 Å². The molecule has 0 spiro atoms. The number of aromatic hydroxyl groups is 1. The zero-order valence-corrected chi connectivity index (χ0v) is 23.3. The van der Waals surface area contributed by atoms with Crippen molar-refractivity contribution in [3.05, 3.63) is 94.5 Å². The summed E-state index contributed by atoms with van der Waals surface area (Å²) < 4.78 is 11.4. The predicted molar refractivity (Wildman–Crippen MR) is 153 cm³/mol. The first-order valence-electron chi connectivity index (χ1n) is 12.2. The Morgan fingerprint density at radius 1 is 1.00 bits per heavy atom. The third-order valence-corrected chi connectivity index (χ3v) is 6.50. The van der Waals surface area contributed by atoms with Gasteiger partial charge in [0.05, 0.1) is 41.8 Å². The van der Waals surface area contributed by atoms with Crippen molar-refractivity contribution < 1.29 is 29.0 Å². The Hall–Kier alpha value is -4.08. The first-order valence-corrected chi connectivity index (χ1v) is 13.3. The second-order valence-corrected chi connectivity index (χ2v) is 9.56. The van der Waals surface area contributed by atoms with Crippen molar-refractivity contribution in [1.82, 2.24) is 4.57 Å². The lowest BCUT2D eigenvalue weighted by atomic mass is 9.98. The molecule has 1 aromatic heterocycles. The standard InChI is InChI=1S/C30H27BrN2O6/c1-18-15-24-25(16-23(18)30(37)38-3)33(19(2)34)29(36)27(24)28(21-7-5-4-6-8-21)32-22-11-9-20(10-12-22)26(35)17-39-14-13-31/h4-12,15-16,36H,13-14,17H2,1-3H3. The molecule has 0 atom stereocenters. The number of esters is 1. The largest absolute Gasteiger partial charge is 0.494 e. The number of nitrogens with zero attached hydrogens (tertiary/aromatic N) is 2. The summed E-state index contributed by atoms with van der Waals surface area (Å²) in [5, 5.41) is 12.6. The molecule has 0 unspecified atom stereocenters. The number of ether oxygens (including phenoxy) is 2. The topological polar surface area (TPSA) is 107 Å². The van der Waals surface area contributed by atoms with Crippen molar-refractivity contribution in [2.75, 3.05) is 25.7 Å². The highest BCUT2D eigenvalue weighted by molar-refractivity contribution is 9.09. The van der Waals surface area contributed by atoms with Crippen LogP contribution in [0.25, 0.3) is 10.9 Å². The summed E-state index contributed by atoms with van der Waals surface area (Å²) in [6, 6.07) is 19.3. The van der Waals surface area contributed by atoms with Crippen molar-refractivity contribution in [3.8, 4) is 5.88 Å².